The Bertz CT molecular complexity index is 518. The fourth-order valence-corrected chi connectivity index (χ4v) is 1.84. The summed E-state index contributed by atoms with van der Waals surface area (Å²) >= 11 is 12.0. The van der Waals surface area contributed by atoms with Gasteiger partial charge in [0.15, 0.2) is 0 Å². The molecular formula is C12H10Cl2N2. The third-order valence-electron chi connectivity index (χ3n) is 2.27. The minimum atomic E-state index is 0.444. The van der Waals surface area contributed by atoms with Crippen LogP contribution in [0.25, 0.3) is 11.3 Å². The lowest BCUT2D eigenvalue weighted by Gasteiger charge is -2.04. The minimum absolute atomic E-state index is 0.444. The van der Waals surface area contributed by atoms with Crippen LogP contribution in [0.3, 0.4) is 0 Å². The summed E-state index contributed by atoms with van der Waals surface area (Å²) in [6.45, 7) is 3.77. The van der Waals surface area contributed by atoms with E-state index in [9.17, 15) is 0 Å². The number of hydrogen-bond donors (Lipinski definition) is 0. The average molecular weight is 253 g/mol. The molecule has 4 heteroatoms. The maximum absolute atomic E-state index is 6.07. The quantitative estimate of drug-likeness (QED) is 0.716. The van der Waals surface area contributed by atoms with Gasteiger partial charge >= 0.3 is 0 Å². The summed E-state index contributed by atoms with van der Waals surface area (Å²) in [5, 5.41) is 1.17. The molecule has 0 aliphatic rings. The summed E-state index contributed by atoms with van der Waals surface area (Å²) in [5.41, 5.74) is 2.78. The lowest BCUT2D eigenvalue weighted by atomic mass is 10.1. The van der Waals surface area contributed by atoms with Gasteiger partial charge in [0.2, 0.25) is 0 Å². The molecule has 0 fully saturated rings. The molecule has 1 aromatic carbocycles. The highest BCUT2D eigenvalue weighted by Crippen LogP contribution is 2.25. The maximum Gasteiger partial charge on any atom is 0.133 e. The Labute approximate surface area is 104 Å². The third kappa shape index (κ3) is 2.34. The molecule has 0 bridgehead atoms. The highest BCUT2D eigenvalue weighted by molar-refractivity contribution is 6.31. The predicted octanol–water partition coefficient (Wildman–Crippen LogP) is 4.07. The molecule has 2 aromatic rings. The number of benzene rings is 1. The van der Waals surface area contributed by atoms with Crippen LogP contribution < -0.4 is 0 Å². The zero-order chi connectivity index (χ0) is 11.7. The van der Waals surface area contributed by atoms with Crippen molar-refractivity contribution in [1.82, 2.24) is 9.97 Å². The molecule has 0 atom stereocenters. The van der Waals surface area contributed by atoms with Crippen molar-refractivity contribution in [2.24, 2.45) is 0 Å². The molecule has 2 rings (SSSR count). The molecule has 0 saturated heterocycles. The predicted molar refractivity (Wildman–Crippen MR) is 67.0 cm³/mol. The smallest absolute Gasteiger partial charge is 0.133 e. The molecule has 0 N–H and O–H groups in total. The van der Waals surface area contributed by atoms with Gasteiger partial charge in [-0.05, 0) is 25.5 Å². The Morgan fingerprint density at radius 3 is 2.38 bits per heavy atom. The van der Waals surface area contributed by atoms with Gasteiger partial charge < -0.3 is 0 Å². The first-order valence-electron chi connectivity index (χ1n) is 4.84. The minimum Gasteiger partial charge on any atom is -0.233 e. The van der Waals surface area contributed by atoms with E-state index in [0.717, 1.165) is 21.8 Å². The molecule has 0 aliphatic carbocycles. The summed E-state index contributed by atoms with van der Waals surface area (Å²) < 4.78 is 0. The van der Waals surface area contributed by atoms with Crippen LogP contribution in [0, 0.1) is 13.8 Å². The summed E-state index contributed by atoms with van der Waals surface area (Å²) in [5.74, 6) is 0.652. The number of nitrogens with zero attached hydrogens (tertiary/aromatic N) is 2. The van der Waals surface area contributed by atoms with Crippen LogP contribution >= 0.6 is 23.2 Å². The van der Waals surface area contributed by atoms with Gasteiger partial charge in [-0.15, -0.1) is 0 Å². The van der Waals surface area contributed by atoms with Crippen LogP contribution in [0.5, 0.6) is 0 Å². The molecule has 0 radical (unpaired) electrons. The van der Waals surface area contributed by atoms with Crippen LogP contribution in [-0.2, 0) is 0 Å². The van der Waals surface area contributed by atoms with Gasteiger partial charge in [-0.2, -0.15) is 0 Å². The topological polar surface area (TPSA) is 25.8 Å². The fraction of sp³-hybridized carbons (Fsp3) is 0.167. The van der Waals surface area contributed by atoms with Crippen LogP contribution in [-0.4, -0.2) is 9.97 Å². The van der Waals surface area contributed by atoms with Gasteiger partial charge in [-0.25, -0.2) is 9.97 Å². The van der Waals surface area contributed by atoms with Crippen molar-refractivity contribution in [2.45, 2.75) is 13.8 Å². The molecule has 82 valence electrons. The van der Waals surface area contributed by atoms with Crippen LogP contribution in [0.2, 0.25) is 10.2 Å². The molecule has 0 aliphatic heterocycles. The molecule has 0 spiro atoms. The van der Waals surface area contributed by atoms with Crippen molar-refractivity contribution in [2.75, 3.05) is 0 Å². The lowest BCUT2D eigenvalue weighted by molar-refractivity contribution is 1.06. The lowest BCUT2D eigenvalue weighted by Crippen LogP contribution is -1.91. The number of halogens is 2. The Balaban J connectivity index is 2.54. The van der Waals surface area contributed by atoms with Crippen molar-refractivity contribution in [1.29, 1.82) is 0 Å². The van der Waals surface area contributed by atoms with E-state index < -0.39 is 0 Å². The van der Waals surface area contributed by atoms with Gasteiger partial charge in [-0.1, -0.05) is 35.3 Å². The Morgan fingerprint density at radius 2 is 1.75 bits per heavy atom. The second-order valence-corrected chi connectivity index (χ2v) is 4.38. The fourth-order valence-electron chi connectivity index (χ4n) is 1.43. The summed E-state index contributed by atoms with van der Waals surface area (Å²) in [6.07, 6.45) is 0. The number of rotatable bonds is 1. The third-order valence-corrected chi connectivity index (χ3v) is 2.88. The van der Waals surface area contributed by atoms with E-state index in [1.165, 1.54) is 0 Å². The Hall–Kier alpha value is -1.12. The van der Waals surface area contributed by atoms with Gasteiger partial charge in [-0.3, -0.25) is 0 Å². The van der Waals surface area contributed by atoms with Gasteiger partial charge in [0.1, 0.15) is 11.0 Å². The van der Waals surface area contributed by atoms with Gasteiger partial charge in [0.25, 0.3) is 0 Å². The van der Waals surface area contributed by atoms with E-state index in [4.69, 9.17) is 23.2 Å². The van der Waals surface area contributed by atoms with Crippen molar-refractivity contribution >= 4 is 23.2 Å². The highest BCUT2D eigenvalue weighted by atomic mass is 35.5. The molecule has 0 amide bonds. The molecule has 1 aromatic heterocycles. The van der Waals surface area contributed by atoms with Crippen LogP contribution in [0.1, 0.15) is 11.4 Å². The molecule has 16 heavy (non-hydrogen) atoms. The average Bonchev–Trinajstić information content (AvgIpc) is 2.20. The summed E-state index contributed by atoms with van der Waals surface area (Å²) in [6, 6.07) is 7.55. The molecule has 0 saturated carbocycles. The first-order chi connectivity index (χ1) is 7.56. The normalized spacial score (nSPS) is 10.5. The number of aryl methyl sites for hydroxylation is 2. The number of hydrogen-bond acceptors (Lipinski definition) is 2. The second kappa shape index (κ2) is 4.40. The summed E-state index contributed by atoms with van der Waals surface area (Å²) in [4.78, 5) is 8.34. The second-order valence-electron chi connectivity index (χ2n) is 3.59. The van der Waals surface area contributed by atoms with E-state index in [0.29, 0.717) is 11.0 Å². The molecule has 2 nitrogen and oxygen atoms in total. The first-order valence-corrected chi connectivity index (χ1v) is 5.59. The monoisotopic (exact) mass is 252 g/mol. The highest BCUT2D eigenvalue weighted by Gasteiger charge is 2.04. The molecule has 1 heterocycles. The van der Waals surface area contributed by atoms with Gasteiger partial charge in [0.05, 0.1) is 5.69 Å². The largest absolute Gasteiger partial charge is 0.233 e. The van der Waals surface area contributed by atoms with E-state index >= 15 is 0 Å². The van der Waals surface area contributed by atoms with E-state index in [2.05, 4.69) is 9.97 Å². The zero-order valence-electron chi connectivity index (χ0n) is 8.96. The van der Waals surface area contributed by atoms with Crippen molar-refractivity contribution in [3.63, 3.8) is 0 Å². The zero-order valence-corrected chi connectivity index (χ0v) is 10.5. The van der Waals surface area contributed by atoms with Crippen LogP contribution in [0.4, 0.5) is 0 Å². The summed E-state index contributed by atoms with van der Waals surface area (Å²) in [7, 11) is 0. The van der Waals surface area contributed by atoms with Crippen LogP contribution in [0.15, 0.2) is 24.3 Å². The van der Waals surface area contributed by atoms with E-state index in [-0.39, 0.29) is 0 Å². The van der Waals surface area contributed by atoms with E-state index in [1.807, 2.05) is 32.0 Å². The van der Waals surface area contributed by atoms with Crippen molar-refractivity contribution < 1.29 is 0 Å². The molecular weight excluding hydrogens is 243 g/mol. The van der Waals surface area contributed by atoms with Crippen molar-refractivity contribution in [3.05, 3.63) is 45.8 Å². The Kier molecular flexibility index (Phi) is 3.13. The maximum atomic E-state index is 6.07. The van der Waals surface area contributed by atoms with Crippen molar-refractivity contribution in [3.8, 4) is 11.3 Å². The SMILES string of the molecule is Cc1nc(Cl)cc(-c2ccc(C)c(Cl)c2)n1. The Morgan fingerprint density at radius 1 is 1.00 bits per heavy atom. The first kappa shape index (κ1) is 11.4. The molecule has 0 unspecified atom stereocenters. The van der Waals surface area contributed by atoms with E-state index in [1.54, 1.807) is 6.07 Å². The standard InChI is InChI=1S/C12H10Cl2N2/c1-7-3-4-9(5-10(7)13)11-6-12(14)16-8(2)15-11/h3-6H,1-2H3. The van der Waals surface area contributed by atoms with Gasteiger partial charge in [0, 0.05) is 16.7 Å². The number of aromatic nitrogens is 2.